The number of hydrogen-bond donors (Lipinski definition) is 1. The SMILES string of the molecule is CC(=O)OC1CC([N+](=O)[O-])([N+](=O)[O-])N(O[C@H]2CCC[C@@H]2O)O1. The minimum absolute atomic E-state index is 0.125. The molecule has 0 aromatic rings. The lowest BCUT2D eigenvalue weighted by Crippen LogP contribution is -2.57. The van der Waals surface area contributed by atoms with E-state index in [9.17, 15) is 30.1 Å². The molecular formula is C10H15N3O9. The Hall–Kier alpha value is -1.89. The Morgan fingerprint density at radius 2 is 2.00 bits per heavy atom. The van der Waals surface area contributed by atoms with Gasteiger partial charge in [0.15, 0.2) is 6.42 Å². The fourth-order valence-corrected chi connectivity index (χ4v) is 2.39. The summed E-state index contributed by atoms with van der Waals surface area (Å²) >= 11 is 0. The van der Waals surface area contributed by atoms with Crippen molar-refractivity contribution >= 4 is 5.97 Å². The van der Waals surface area contributed by atoms with Crippen molar-refractivity contribution in [3.63, 3.8) is 0 Å². The van der Waals surface area contributed by atoms with Crippen molar-refractivity contribution in [2.24, 2.45) is 0 Å². The molecule has 1 aliphatic heterocycles. The maximum atomic E-state index is 11.2. The van der Waals surface area contributed by atoms with E-state index in [4.69, 9.17) is 9.68 Å². The normalized spacial score (nSPS) is 31.1. The lowest BCUT2D eigenvalue weighted by Gasteiger charge is -2.23. The fraction of sp³-hybridized carbons (Fsp3) is 0.900. The predicted molar refractivity (Wildman–Crippen MR) is 64.5 cm³/mol. The van der Waals surface area contributed by atoms with E-state index in [0.29, 0.717) is 19.3 Å². The van der Waals surface area contributed by atoms with Crippen LogP contribution in [-0.4, -0.2) is 50.4 Å². The third kappa shape index (κ3) is 2.85. The van der Waals surface area contributed by atoms with E-state index in [1.54, 1.807) is 0 Å². The van der Waals surface area contributed by atoms with Gasteiger partial charge in [0.05, 0.1) is 11.3 Å². The molecule has 12 heteroatoms. The second kappa shape index (κ2) is 6.08. The van der Waals surface area contributed by atoms with E-state index in [0.717, 1.165) is 6.92 Å². The maximum Gasteiger partial charge on any atom is 0.572 e. The fourth-order valence-electron chi connectivity index (χ4n) is 2.39. The summed E-state index contributed by atoms with van der Waals surface area (Å²) in [6, 6.07) is 0. The van der Waals surface area contributed by atoms with Crippen LogP contribution in [0, 0.1) is 20.2 Å². The molecule has 0 bridgehead atoms. The van der Waals surface area contributed by atoms with Gasteiger partial charge in [-0.1, -0.05) is 0 Å². The Morgan fingerprint density at radius 3 is 2.45 bits per heavy atom. The maximum absolute atomic E-state index is 11.2. The van der Waals surface area contributed by atoms with Crippen molar-refractivity contribution < 1.29 is 34.2 Å². The first-order valence-corrected chi connectivity index (χ1v) is 6.55. The van der Waals surface area contributed by atoms with E-state index in [-0.39, 0.29) is 5.23 Å². The van der Waals surface area contributed by atoms with Crippen LogP contribution in [0.15, 0.2) is 0 Å². The topological polar surface area (TPSA) is 155 Å². The number of nitrogens with zero attached hydrogens (tertiary/aromatic N) is 3. The first-order valence-electron chi connectivity index (χ1n) is 6.55. The van der Waals surface area contributed by atoms with Gasteiger partial charge in [-0.3, -0.25) is 29.9 Å². The Labute approximate surface area is 123 Å². The predicted octanol–water partition coefficient (Wildman–Crippen LogP) is -0.435. The molecule has 0 aromatic carbocycles. The highest BCUT2D eigenvalue weighted by Gasteiger charge is 2.72. The number of aliphatic hydroxyl groups excluding tert-OH is 1. The molecule has 1 saturated carbocycles. The first-order chi connectivity index (χ1) is 10.3. The minimum atomic E-state index is -2.94. The molecule has 0 aromatic heterocycles. The van der Waals surface area contributed by atoms with Crippen LogP contribution in [0.4, 0.5) is 0 Å². The largest absolute Gasteiger partial charge is 0.572 e. The van der Waals surface area contributed by atoms with Crippen molar-refractivity contribution in [2.45, 2.75) is 56.9 Å². The van der Waals surface area contributed by atoms with Gasteiger partial charge in [-0.15, -0.1) is 0 Å². The standard InChI is InChI=1S/C10H15N3O9/c1-6(14)20-9-5-10(11(16)17,12(18)19)13(22-9)21-8-4-2-3-7(8)15/h7-9,15H,2-5H2,1H3/t7-,8-,9?/m0/s1. The second-order valence-electron chi connectivity index (χ2n) is 5.04. The summed E-state index contributed by atoms with van der Waals surface area (Å²) in [7, 11) is 0. The van der Waals surface area contributed by atoms with Gasteiger partial charge in [0, 0.05) is 6.92 Å². The molecular weight excluding hydrogens is 306 g/mol. The highest BCUT2D eigenvalue weighted by Crippen LogP contribution is 2.36. The first kappa shape index (κ1) is 16.5. The van der Waals surface area contributed by atoms with E-state index >= 15 is 0 Å². The molecule has 124 valence electrons. The van der Waals surface area contributed by atoms with Crippen LogP contribution >= 0.6 is 0 Å². The van der Waals surface area contributed by atoms with Gasteiger partial charge in [0.2, 0.25) is 6.29 Å². The molecule has 1 unspecified atom stereocenters. The van der Waals surface area contributed by atoms with E-state index < -0.39 is 46.5 Å². The second-order valence-corrected chi connectivity index (χ2v) is 5.04. The smallest absolute Gasteiger partial charge is 0.433 e. The Morgan fingerprint density at radius 1 is 1.36 bits per heavy atom. The van der Waals surface area contributed by atoms with Crippen molar-refractivity contribution in [1.29, 1.82) is 0 Å². The summed E-state index contributed by atoms with van der Waals surface area (Å²) in [6.07, 6.45) is -2.75. The van der Waals surface area contributed by atoms with E-state index in [1.165, 1.54) is 0 Å². The molecule has 2 fully saturated rings. The molecule has 1 aliphatic carbocycles. The number of hydroxylamine groups is 2. The zero-order valence-corrected chi connectivity index (χ0v) is 11.6. The number of carbonyl (C=O) groups is 1. The number of aliphatic hydroxyl groups is 1. The number of carbonyl (C=O) groups excluding carboxylic acids is 1. The Kier molecular flexibility index (Phi) is 4.55. The van der Waals surface area contributed by atoms with Crippen molar-refractivity contribution in [2.75, 3.05) is 0 Å². The van der Waals surface area contributed by atoms with Crippen LogP contribution in [0.3, 0.4) is 0 Å². The Bertz CT molecular complexity index is 470. The average molecular weight is 321 g/mol. The van der Waals surface area contributed by atoms with Crippen molar-refractivity contribution in [3.8, 4) is 0 Å². The van der Waals surface area contributed by atoms with Gasteiger partial charge in [-0.05, 0) is 19.3 Å². The van der Waals surface area contributed by atoms with Crippen LogP contribution in [0.1, 0.15) is 32.6 Å². The molecule has 0 spiro atoms. The molecule has 12 nitrogen and oxygen atoms in total. The number of esters is 1. The molecule has 1 N–H and O–H groups in total. The molecule has 2 aliphatic rings. The van der Waals surface area contributed by atoms with Crippen molar-refractivity contribution in [3.05, 3.63) is 20.2 Å². The monoisotopic (exact) mass is 321 g/mol. The summed E-state index contributed by atoms with van der Waals surface area (Å²) in [4.78, 5) is 41.0. The molecule has 2 rings (SSSR count). The number of rotatable bonds is 5. The van der Waals surface area contributed by atoms with Crippen LogP contribution < -0.4 is 0 Å². The van der Waals surface area contributed by atoms with Crippen LogP contribution in [0.5, 0.6) is 0 Å². The van der Waals surface area contributed by atoms with Gasteiger partial charge in [-0.25, -0.2) is 4.84 Å². The summed E-state index contributed by atoms with van der Waals surface area (Å²) in [5.74, 6) is -3.75. The minimum Gasteiger partial charge on any atom is -0.433 e. The molecule has 0 amide bonds. The molecule has 3 atom stereocenters. The zero-order valence-electron chi connectivity index (χ0n) is 11.6. The zero-order chi connectivity index (χ0) is 16.5. The van der Waals surface area contributed by atoms with Crippen molar-refractivity contribution in [1.82, 2.24) is 5.23 Å². The summed E-state index contributed by atoms with van der Waals surface area (Å²) in [5.41, 5.74) is 0. The molecule has 22 heavy (non-hydrogen) atoms. The van der Waals surface area contributed by atoms with Gasteiger partial charge in [0.25, 0.3) is 0 Å². The summed E-state index contributed by atoms with van der Waals surface area (Å²) in [5, 5.41) is 32.2. The van der Waals surface area contributed by atoms with E-state index in [1.807, 2.05) is 0 Å². The number of nitro groups is 2. The van der Waals surface area contributed by atoms with Gasteiger partial charge in [0.1, 0.15) is 16.0 Å². The van der Waals surface area contributed by atoms with E-state index in [2.05, 4.69) is 4.74 Å². The quantitative estimate of drug-likeness (QED) is 0.305. The highest BCUT2D eigenvalue weighted by molar-refractivity contribution is 5.66. The van der Waals surface area contributed by atoms with Crippen LogP contribution in [0.25, 0.3) is 0 Å². The highest BCUT2D eigenvalue weighted by atomic mass is 17.0. The van der Waals surface area contributed by atoms with Gasteiger partial charge < -0.3 is 9.84 Å². The third-order valence-corrected chi connectivity index (χ3v) is 3.48. The van der Waals surface area contributed by atoms with Crippen LogP contribution in [0.2, 0.25) is 0 Å². The number of ether oxygens (including phenoxy) is 1. The lowest BCUT2D eigenvalue weighted by atomic mass is 10.2. The molecule has 0 radical (unpaired) electrons. The summed E-state index contributed by atoms with van der Waals surface area (Å²) in [6.45, 7) is 1.04. The van der Waals surface area contributed by atoms with Gasteiger partial charge >= 0.3 is 11.8 Å². The van der Waals surface area contributed by atoms with Crippen LogP contribution in [-0.2, 0) is 19.2 Å². The Balaban J connectivity index is 2.23. The third-order valence-electron chi connectivity index (χ3n) is 3.48. The average Bonchev–Trinajstić information content (AvgIpc) is 2.94. The molecule has 1 saturated heterocycles. The van der Waals surface area contributed by atoms with Gasteiger partial charge in [-0.2, -0.15) is 0 Å². The summed E-state index contributed by atoms with van der Waals surface area (Å²) < 4.78 is 4.63. The lowest BCUT2D eigenvalue weighted by molar-refractivity contribution is -0.852. The molecule has 1 heterocycles. The number of hydrogen-bond acceptors (Lipinski definition) is 10.